The number of rotatable bonds is 9. The summed E-state index contributed by atoms with van der Waals surface area (Å²) in [5, 5.41) is 4.74. The normalized spacial score (nSPS) is 14.9. The van der Waals surface area contributed by atoms with Crippen LogP contribution >= 0.6 is 46.6 Å². The molecule has 2 aromatic carbocycles. The fourth-order valence-electron chi connectivity index (χ4n) is 3.90. The van der Waals surface area contributed by atoms with Crippen molar-refractivity contribution in [1.82, 2.24) is 10.2 Å². The number of thioether (sulfide) groups is 1. The first-order chi connectivity index (χ1) is 15.4. The molecule has 0 saturated heterocycles. The summed E-state index contributed by atoms with van der Waals surface area (Å²) in [5.41, 5.74) is 0.646. The van der Waals surface area contributed by atoms with E-state index in [4.69, 9.17) is 34.8 Å². The highest BCUT2D eigenvalue weighted by Gasteiger charge is 2.31. The van der Waals surface area contributed by atoms with Crippen LogP contribution in [0, 0.1) is 0 Å². The Balaban J connectivity index is 1.80. The average Bonchev–Trinajstić information content (AvgIpc) is 3.28. The van der Waals surface area contributed by atoms with E-state index in [-0.39, 0.29) is 30.2 Å². The van der Waals surface area contributed by atoms with Gasteiger partial charge in [-0.05, 0) is 55.7 Å². The van der Waals surface area contributed by atoms with Crippen LogP contribution in [0.25, 0.3) is 0 Å². The number of benzene rings is 2. The van der Waals surface area contributed by atoms with E-state index in [1.54, 1.807) is 35.2 Å². The van der Waals surface area contributed by atoms with E-state index < -0.39 is 6.04 Å². The number of carbonyl (C=O) groups excluding carboxylic acids is 2. The Kier molecular flexibility index (Phi) is 9.60. The summed E-state index contributed by atoms with van der Waals surface area (Å²) >= 11 is 20.1. The van der Waals surface area contributed by atoms with Crippen LogP contribution in [0.2, 0.25) is 15.1 Å². The van der Waals surface area contributed by atoms with Crippen LogP contribution in [0.3, 0.4) is 0 Å². The van der Waals surface area contributed by atoms with Gasteiger partial charge in [0, 0.05) is 38.1 Å². The van der Waals surface area contributed by atoms with E-state index in [2.05, 4.69) is 5.32 Å². The van der Waals surface area contributed by atoms with Gasteiger partial charge in [-0.25, -0.2) is 0 Å². The monoisotopic (exact) mass is 512 g/mol. The smallest absolute Gasteiger partial charge is 0.243 e. The van der Waals surface area contributed by atoms with E-state index in [0.29, 0.717) is 27.1 Å². The Morgan fingerprint density at radius 2 is 1.69 bits per heavy atom. The maximum atomic E-state index is 13.4. The first-order valence-corrected chi connectivity index (χ1v) is 12.9. The van der Waals surface area contributed by atoms with Crippen LogP contribution in [0.4, 0.5) is 0 Å². The predicted molar refractivity (Wildman–Crippen MR) is 134 cm³/mol. The molecular weight excluding hydrogens is 487 g/mol. The average molecular weight is 514 g/mol. The summed E-state index contributed by atoms with van der Waals surface area (Å²) in [6.45, 7) is 2.09. The van der Waals surface area contributed by atoms with Gasteiger partial charge < -0.3 is 10.2 Å². The van der Waals surface area contributed by atoms with E-state index in [0.717, 1.165) is 30.6 Å². The van der Waals surface area contributed by atoms with Crippen LogP contribution < -0.4 is 5.32 Å². The van der Waals surface area contributed by atoms with Gasteiger partial charge in [0.2, 0.25) is 11.8 Å². The highest BCUT2D eigenvalue weighted by atomic mass is 35.5. The van der Waals surface area contributed by atoms with Gasteiger partial charge >= 0.3 is 0 Å². The van der Waals surface area contributed by atoms with Crippen LogP contribution in [-0.4, -0.2) is 34.6 Å². The third-order valence-corrected chi connectivity index (χ3v) is 7.61. The Labute approximate surface area is 209 Å². The highest BCUT2D eigenvalue weighted by Crippen LogP contribution is 2.28. The largest absolute Gasteiger partial charge is 0.352 e. The minimum Gasteiger partial charge on any atom is -0.352 e. The zero-order chi connectivity index (χ0) is 23.1. The van der Waals surface area contributed by atoms with Gasteiger partial charge in [-0.1, -0.05) is 60.6 Å². The number of hydrogen-bond acceptors (Lipinski definition) is 3. The molecule has 1 unspecified atom stereocenters. The molecule has 1 aliphatic carbocycles. The standard InChI is InChI=1S/C24H27Cl3N2O2S/c1-2-22(24(31)28-17-6-3-4-7-17)29(14-19-20(26)8-5-9-21(19)27)23(30)15-32-18-12-10-16(25)11-13-18/h5,8-13,17,22H,2-4,6-7,14-15H2,1H3,(H,28,31). The SMILES string of the molecule is CCC(C(=O)NC1CCCC1)N(Cc1c(Cl)cccc1Cl)C(=O)CSc1ccc(Cl)cc1. The van der Waals surface area contributed by atoms with Gasteiger partial charge in [0.1, 0.15) is 6.04 Å². The second-order valence-electron chi connectivity index (χ2n) is 7.88. The van der Waals surface area contributed by atoms with Crippen molar-refractivity contribution >= 4 is 58.4 Å². The van der Waals surface area contributed by atoms with Gasteiger partial charge in [0.15, 0.2) is 0 Å². The van der Waals surface area contributed by atoms with Crippen molar-refractivity contribution < 1.29 is 9.59 Å². The van der Waals surface area contributed by atoms with Crippen LogP contribution in [0.15, 0.2) is 47.4 Å². The van der Waals surface area contributed by atoms with Crippen molar-refractivity contribution in [2.75, 3.05) is 5.75 Å². The molecule has 8 heteroatoms. The molecule has 0 aliphatic heterocycles. The summed E-state index contributed by atoms with van der Waals surface area (Å²) < 4.78 is 0. The molecule has 0 radical (unpaired) electrons. The Morgan fingerprint density at radius 3 is 2.28 bits per heavy atom. The zero-order valence-corrected chi connectivity index (χ0v) is 21.0. The van der Waals surface area contributed by atoms with E-state index in [1.165, 1.54) is 11.8 Å². The van der Waals surface area contributed by atoms with Crippen LogP contribution in [0.5, 0.6) is 0 Å². The van der Waals surface area contributed by atoms with Gasteiger partial charge in [-0.3, -0.25) is 9.59 Å². The third-order valence-electron chi connectivity index (χ3n) is 5.65. The Morgan fingerprint density at radius 1 is 1.06 bits per heavy atom. The molecule has 0 spiro atoms. The number of nitrogens with one attached hydrogen (secondary N) is 1. The van der Waals surface area contributed by atoms with Crippen molar-refractivity contribution in [3.63, 3.8) is 0 Å². The molecule has 1 fully saturated rings. The first-order valence-electron chi connectivity index (χ1n) is 10.8. The molecule has 172 valence electrons. The van der Waals surface area contributed by atoms with Gasteiger partial charge in [-0.15, -0.1) is 11.8 Å². The van der Waals surface area contributed by atoms with Gasteiger partial charge in [-0.2, -0.15) is 0 Å². The summed E-state index contributed by atoms with van der Waals surface area (Å²) in [5.74, 6) is -0.0709. The minimum atomic E-state index is -0.596. The van der Waals surface area contributed by atoms with Crippen molar-refractivity contribution in [3.05, 3.63) is 63.1 Å². The molecule has 3 rings (SSSR count). The molecule has 0 aromatic heterocycles. The highest BCUT2D eigenvalue weighted by molar-refractivity contribution is 8.00. The number of amides is 2. The summed E-state index contributed by atoms with van der Waals surface area (Å²) in [6.07, 6.45) is 4.71. The molecule has 1 atom stereocenters. The first kappa shape index (κ1) is 25.2. The number of nitrogens with zero attached hydrogens (tertiary/aromatic N) is 1. The zero-order valence-electron chi connectivity index (χ0n) is 18.0. The van der Waals surface area contributed by atoms with E-state index >= 15 is 0 Å². The van der Waals surface area contributed by atoms with Crippen molar-refractivity contribution in [2.24, 2.45) is 0 Å². The lowest BCUT2D eigenvalue weighted by Crippen LogP contribution is -2.51. The third kappa shape index (κ3) is 6.80. The lowest BCUT2D eigenvalue weighted by molar-refractivity contribution is -0.139. The van der Waals surface area contributed by atoms with E-state index in [1.807, 2.05) is 19.1 Å². The Bertz CT molecular complexity index is 913. The van der Waals surface area contributed by atoms with E-state index in [9.17, 15) is 9.59 Å². The topological polar surface area (TPSA) is 49.4 Å². The predicted octanol–water partition coefficient (Wildman–Crippen LogP) is 6.61. The lowest BCUT2D eigenvalue weighted by Gasteiger charge is -2.32. The second kappa shape index (κ2) is 12.2. The molecule has 0 bridgehead atoms. The van der Waals surface area contributed by atoms with Crippen molar-refractivity contribution in [3.8, 4) is 0 Å². The number of hydrogen-bond donors (Lipinski definition) is 1. The molecule has 2 aromatic rings. The summed E-state index contributed by atoms with van der Waals surface area (Å²) in [4.78, 5) is 29.1. The quantitative estimate of drug-likeness (QED) is 0.384. The fourth-order valence-corrected chi connectivity index (χ4v) is 5.33. The minimum absolute atomic E-state index is 0.118. The molecule has 0 heterocycles. The number of carbonyl (C=O) groups is 2. The molecule has 1 saturated carbocycles. The molecule has 2 amide bonds. The second-order valence-corrected chi connectivity index (χ2v) is 10.2. The number of halogens is 3. The maximum Gasteiger partial charge on any atom is 0.243 e. The molecule has 1 N–H and O–H groups in total. The summed E-state index contributed by atoms with van der Waals surface area (Å²) in [7, 11) is 0. The fraction of sp³-hybridized carbons (Fsp3) is 0.417. The molecule has 1 aliphatic rings. The lowest BCUT2D eigenvalue weighted by atomic mass is 10.1. The van der Waals surface area contributed by atoms with Gasteiger partial charge in [0.05, 0.1) is 5.75 Å². The maximum absolute atomic E-state index is 13.4. The van der Waals surface area contributed by atoms with Gasteiger partial charge in [0.25, 0.3) is 0 Å². The van der Waals surface area contributed by atoms with Crippen molar-refractivity contribution in [2.45, 2.75) is 62.6 Å². The Hall–Kier alpha value is -1.40. The van der Waals surface area contributed by atoms with Crippen molar-refractivity contribution in [1.29, 1.82) is 0 Å². The summed E-state index contributed by atoms with van der Waals surface area (Å²) in [6, 6.07) is 12.2. The van der Waals surface area contributed by atoms with Crippen LogP contribution in [-0.2, 0) is 16.1 Å². The molecule has 4 nitrogen and oxygen atoms in total. The molecule has 32 heavy (non-hydrogen) atoms. The molecular formula is C24H27Cl3N2O2S. The van der Waals surface area contributed by atoms with Crippen LogP contribution in [0.1, 0.15) is 44.6 Å².